The zero-order chi connectivity index (χ0) is 10.7. The van der Waals surface area contributed by atoms with Gasteiger partial charge in [-0.3, -0.25) is 4.79 Å². The number of hydrogen-bond acceptors (Lipinski definition) is 2. The molecule has 1 aromatic rings. The summed E-state index contributed by atoms with van der Waals surface area (Å²) in [4.78, 5) is 11.5. The predicted octanol–water partition coefficient (Wildman–Crippen LogP) is 3.13. The smallest absolute Gasteiger partial charge is 0.160 e. The van der Waals surface area contributed by atoms with Crippen LogP contribution in [0.3, 0.4) is 0 Å². The van der Waals surface area contributed by atoms with Crippen molar-refractivity contribution in [1.29, 1.82) is 0 Å². The summed E-state index contributed by atoms with van der Waals surface area (Å²) in [6.07, 6.45) is 3.48. The van der Waals surface area contributed by atoms with Crippen molar-refractivity contribution in [3.63, 3.8) is 0 Å². The van der Waals surface area contributed by atoms with E-state index in [0.29, 0.717) is 0 Å². The molecule has 0 radical (unpaired) electrons. The molecular weight excluding hydrogens is 188 g/mol. The van der Waals surface area contributed by atoms with Gasteiger partial charge in [-0.1, -0.05) is 24.3 Å². The maximum Gasteiger partial charge on any atom is 0.160 e. The van der Waals surface area contributed by atoms with E-state index in [4.69, 9.17) is 4.74 Å². The van der Waals surface area contributed by atoms with Crippen LogP contribution in [0.4, 0.5) is 0 Å². The lowest BCUT2D eigenvalue weighted by Crippen LogP contribution is -2.14. The molecule has 1 aromatic carbocycles. The van der Waals surface area contributed by atoms with Gasteiger partial charge >= 0.3 is 0 Å². The zero-order valence-corrected chi connectivity index (χ0v) is 9.03. The Morgan fingerprint density at radius 3 is 2.80 bits per heavy atom. The first-order chi connectivity index (χ1) is 7.29. The highest BCUT2D eigenvalue weighted by Gasteiger charge is 2.19. The van der Waals surface area contributed by atoms with E-state index in [0.717, 1.165) is 30.6 Å². The van der Waals surface area contributed by atoms with Crippen LogP contribution in [0.15, 0.2) is 24.3 Å². The Bertz CT molecular complexity index is 351. The Kier molecular flexibility index (Phi) is 3.17. The largest absolute Gasteiger partial charge is 0.374 e. The average Bonchev–Trinajstić information content (AvgIpc) is 2.30. The molecule has 1 aliphatic rings. The summed E-state index contributed by atoms with van der Waals surface area (Å²) < 4.78 is 5.70. The van der Waals surface area contributed by atoms with E-state index in [9.17, 15) is 4.79 Å². The van der Waals surface area contributed by atoms with Gasteiger partial charge in [-0.25, -0.2) is 0 Å². The van der Waals surface area contributed by atoms with Crippen molar-refractivity contribution in [2.24, 2.45) is 0 Å². The molecule has 1 aliphatic heterocycles. The number of ether oxygens (including phenoxy) is 1. The molecule has 0 bridgehead atoms. The van der Waals surface area contributed by atoms with Gasteiger partial charge in [0.15, 0.2) is 5.78 Å². The first-order valence-corrected chi connectivity index (χ1v) is 5.50. The fourth-order valence-corrected chi connectivity index (χ4v) is 2.08. The minimum atomic E-state index is 0.124. The van der Waals surface area contributed by atoms with Gasteiger partial charge in [0.25, 0.3) is 0 Å². The summed E-state index contributed by atoms with van der Waals surface area (Å²) in [5, 5.41) is 0. The third-order valence-corrected chi connectivity index (χ3v) is 2.87. The van der Waals surface area contributed by atoms with E-state index in [1.807, 2.05) is 24.3 Å². The first kappa shape index (κ1) is 10.4. The maximum absolute atomic E-state index is 11.5. The first-order valence-electron chi connectivity index (χ1n) is 5.50. The molecule has 0 saturated carbocycles. The Morgan fingerprint density at radius 2 is 2.13 bits per heavy atom. The van der Waals surface area contributed by atoms with Crippen LogP contribution in [0.2, 0.25) is 0 Å². The maximum atomic E-state index is 11.5. The van der Waals surface area contributed by atoms with Crippen molar-refractivity contribution < 1.29 is 9.53 Å². The summed E-state index contributed by atoms with van der Waals surface area (Å²) in [5.41, 5.74) is 1.87. The molecule has 2 heteroatoms. The molecule has 0 aliphatic carbocycles. The minimum Gasteiger partial charge on any atom is -0.374 e. The number of carbonyl (C=O) groups excluding carboxylic acids is 1. The second kappa shape index (κ2) is 4.58. The second-order valence-electron chi connectivity index (χ2n) is 4.00. The van der Waals surface area contributed by atoms with Crippen LogP contribution in [0.25, 0.3) is 0 Å². The molecule has 1 unspecified atom stereocenters. The number of rotatable bonds is 2. The Hall–Kier alpha value is -1.15. The van der Waals surface area contributed by atoms with Gasteiger partial charge in [-0.2, -0.15) is 0 Å². The van der Waals surface area contributed by atoms with E-state index < -0.39 is 0 Å². The van der Waals surface area contributed by atoms with Gasteiger partial charge in [0.1, 0.15) is 0 Å². The molecule has 2 nitrogen and oxygen atoms in total. The van der Waals surface area contributed by atoms with E-state index in [1.54, 1.807) is 6.92 Å². The van der Waals surface area contributed by atoms with Gasteiger partial charge in [-0.05, 0) is 31.7 Å². The van der Waals surface area contributed by atoms with Gasteiger partial charge in [0.2, 0.25) is 0 Å². The topological polar surface area (TPSA) is 26.3 Å². The van der Waals surface area contributed by atoms with Crippen molar-refractivity contribution in [1.82, 2.24) is 0 Å². The normalized spacial score (nSPS) is 21.3. The SMILES string of the molecule is CC(=O)c1ccccc1C1CCCCO1. The molecule has 1 saturated heterocycles. The molecule has 0 aromatic heterocycles. The lowest BCUT2D eigenvalue weighted by molar-refractivity contribution is 0.0144. The van der Waals surface area contributed by atoms with Crippen LogP contribution in [-0.4, -0.2) is 12.4 Å². The van der Waals surface area contributed by atoms with Crippen molar-refractivity contribution in [3.8, 4) is 0 Å². The molecule has 15 heavy (non-hydrogen) atoms. The van der Waals surface area contributed by atoms with Crippen molar-refractivity contribution >= 4 is 5.78 Å². The molecule has 0 spiro atoms. The average molecular weight is 204 g/mol. The predicted molar refractivity (Wildman–Crippen MR) is 59.0 cm³/mol. The fourth-order valence-electron chi connectivity index (χ4n) is 2.08. The molecule has 0 N–H and O–H groups in total. The van der Waals surface area contributed by atoms with Gasteiger partial charge < -0.3 is 4.74 Å². The number of hydrogen-bond donors (Lipinski definition) is 0. The lowest BCUT2D eigenvalue weighted by atomic mass is 9.95. The molecule has 2 rings (SSSR count). The van der Waals surface area contributed by atoms with E-state index >= 15 is 0 Å². The highest BCUT2D eigenvalue weighted by molar-refractivity contribution is 5.95. The Labute approximate surface area is 90.3 Å². The van der Waals surface area contributed by atoms with Crippen LogP contribution >= 0.6 is 0 Å². The van der Waals surface area contributed by atoms with Gasteiger partial charge in [0, 0.05) is 12.2 Å². The summed E-state index contributed by atoms with van der Waals surface area (Å²) in [5.74, 6) is 0.125. The van der Waals surface area contributed by atoms with E-state index in [2.05, 4.69) is 0 Å². The van der Waals surface area contributed by atoms with Gasteiger partial charge in [-0.15, -0.1) is 0 Å². The van der Waals surface area contributed by atoms with Crippen molar-refractivity contribution in [3.05, 3.63) is 35.4 Å². The third-order valence-electron chi connectivity index (χ3n) is 2.87. The molecule has 1 fully saturated rings. The molecular formula is C13H16O2. The second-order valence-corrected chi connectivity index (χ2v) is 4.00. The molecule has 0 amide bonds. The number of ketones is 1. The van der Waals surface area contributed by atoms with Crippen LogP contribution < -0.4 is 0 Å². The number of carbonyl (C=O) groups is 1. The summed E-state index contributed by atoms with van der Waals surface area (Å²) in [6.45, 7) is 2.43. The summed E-state index contributed by atoms with van der Waals surface area (Å²) in [6, 6.07) is 7.77. The van der Waals surface area contributed by atoms with Gasteiger partial charge in [0.05, 0.1) is 6.10 Å². The number of benzene rings is 1. The quantitative estimate of drug-likeness (QED) is 0.692. The van der Waals surface area contributed by atoms with Crippen LogP contribution in [-0.2, 0) is 4.74 Å². The monoisotopic (exact) mass is 204 g/mol. The lowest BCUT2D eigenvalue weighted by Gasteiger charge is -2.24. The minimum absolute atomic E-state index is 0.124. The number of Topliss-reactive ketones (excluding diaryl/α,β-unsaturated/α-hetero) is 1. The van der Waals surface area contributed by atoms with Crippen LogP contribution in [0, 0.1) is 0 Å². The van der Waals surface area contributed by atoms with E-state index in [-0.39, 0.29) is 11.9 Å². The standard InChI is InChI=1S/C13H16O2/c1-10(14)11-6-2-3-7-12(11)13-8-4-5-9-15-13/h2-3,6-7,13H,4-5,8-9H2,1H3. The van der Waals surface area contributed by atoms with Crippen LogP contribution in [0.1, 0.15) is 48.2 Å². The van der Waals surface area contributed by atoms with Crippen molar-refractivity contribution in [2.45, 2.75) is 32.3 Å². The zero-order valence-electron chi connectivity index (χ0n) is 9.03. The Morgan fingerprint density at radius 1 is 1.33 bits per heavy atom. The third kappa shape index (κ3) is 2.26. The molecule has 80 valence electrons. The highest BCUT2D eigenvalue weighted by Crippen LogP contribution is 2.30. The molecule has 1 atom stereocenters. The van der Waals surface area contributed by atoms with Crippen molar-refractivity contribution in [2.75, 3.05) is 6.61 Å². The summed E-state index contributed by atoms with van der Waals surface area (Å²) in [7, 11) is 0. The fraction of sp³-hybridized carbons (Fsp3) is 0.462. The van der Waals surface area contributed by atoms with Crippen LogP contribution in [0.5, 0.6) is 0 Å². The summed E-state index contributed by atoms with van der Waals surface area (Å²) >= 11 is 0. The Balaban J connectivity index is 2.29. The molecule has 1 heterocycles. The highest BCUT2D eigenvalue weighted by atomic mass is 16.5. The van der Waals surface area contributed by atoms with E-state index in [1.165, 1.54) is 6.42 Å².